The van der Waals surface area contributed by atoms with E-state index in [1.807, 2.05) is 0 Å². The second kappa shape index (κ2) is 5.36. The van der Waals surface area contributed by atoms with E-state index in [-0.39, 0.29) is 28.8 Å². The fourth-order valence-corrected chi connectivity index (χ4v) is 1.75. The Kier molecular flexibility index (Phi) is 3.80. The first-order valence-electron chi connectivity index (χ1n) is 5.57. The Balaban J connectivity index is 2.46. The summed E-state index contributed by atoms with van der Waals surface area (Å²) in [5.41, 5.74) is 0.179. The van der Waals surface area contributed by atoms with Crippen LogP contribution < -0.4 is 0 Å². The number of benzene rings is 1. The van der Waals surface area contributed by atoms with Crippen LogP contribution in [0.1, 0.15) is 17.5 Å². The van der Waals surface area contributed by atoms with Crippen molar-refractivity contribution < 1.29 is 13.9 Å². The lowest BCUT2D eigenvalue weighted by Crippen LogP contribution is -2.07. The van der Waals surface area contributed by atoms with E-state index < -0.39 is 11.8 Å². The lowest BCUT2D eigenvalue weighted by Gasteiger charge is -2.02. The van der Waals surface area contributed by atoms with Crippen molar-refractivity contribution in [3.8, 4) is 11.4 Å². The van der Waals surface area contributed by atoms with Gasteiger partial charge in [-0.2, -0.15) is 0 Å². The van der Waals surface area contributed by atoms with Crippen LogP contribution in [-0.2, 0) is 11.8 Å². The van der Waals surface area contributed by atoms with Crippen LogP contribution in [0.25, 0.3) is 11.4 Å². The van der Waals surface area contributed by atoms with Gasteiger partial charge in [0.2, 0.25) is 0 Å². The fraction of sp³-hybridized carbons (Fsp3) is 0.250. The molecule has 0 unspecified atom stereocenters. The van der Waals surface area contributed by atoms with E-state index >= 15 is 0 Å². The van der Waals surface area contributed by atoms with Crippen molar-refractivity contribution in [3.63, 3.8) is 0 Å². The predicted molar refractivity (Wildman–Crippen MR) is 67.4 cm³/mol. The summed E-state index contributed by atoms with van der Waals surface area (Å²) in [5.74, 6) is -1.15. The van der Waals surface area contributed by atoms with Crippen LogP contribution in [0.2, 0.25) is 5.02 Å². The topological polar surface area (TPSA) is 57.0 Å². The molecular weight excluding hydrogens is 273 g/mol. The molecule has 0 aliphatic heterocycles. The van der Waals surface area contributed by atoms with Gasteiger partial charge in [-0.15, -0.1) is 5.10 Å². The average molecular weight is 284 g/mol. The normalized spacial score (nSPS) is 10.5. The fourth-order valence-electron chi connectivity index (χ4n) is 1.58. The SMILES string of the molecule is CCOC(=O)c1nc(-c2cccc(Cl)c2F)n(C)n1. The van der Waals surface area contributed by atoms with Crippen molar-refractivity contribution in [1.82, 2.24) is 14.8 Å². The molecule has 0 saturated carbocycles. The molecule has 1 aromatic heterocycles. The molecule has 1 heterocycles. The number of esters is 1. The highest BCUT2D eigenvalue weighted by molar-refractivity contribution is 6.31. The molecule has 5 nitrogen and oxygen atoms in total. The summed E-state index contributed by atoms with van der Waals surface area (Å²) in [5, 5.41) is 3.88. The number of aromatic nitrogens is 3. The minimum absolute atomic E-state index is 0.0156. The number of rotatable bonds is 3. The van der Waals surface area contributed by atoms with E-state index in [2.05, 4.69) is 10.1 Å². The van der Waals surface area contributed by atoms with Gasteiger partial charge in [0, 0.05) is 7.05 Å². The van der Waals surface area contributed by atoms with Gasteiger partial charge in [0.05, 0.1) is 17.2 Å². The first-order valence-corrected chi connectivity index (χ1v) is 5.95. The van der Waals surface area contributed by atoms with E-state index in [0.717, 1.165) is 0 Å². The molecule has 7 heteroatoms. The maximum Gasteiger partial charge on any atom is 0.378 e. The van der Waals surface area contributed by atoms with Gasteiger partial charge in [0.25, 0.3) is 5.82 Å². The molecule has 0 fully saturated rings. The number of halogens is 2. The van der Waals surface area contributed by atoms with Crippen molar-refractivity contribution in [3.05, 3.63) is 34.9 Å². The van der Waals surface area contributed by atoms with Crippen LogP contribution in [0.3, 0.4) is 0 Å². The Bertz CT molecular complexity index is 627. The molecule has 0 spiro atoms. The minimum atomic E-state index is -0.646. The first-order chi connectivity index (χ1) is 9.04. The zero-order valence-corrected chi connectivity index (χ0v) is 11.1. The van der Waals surface area contributed by atoms with Gasteiger partial charge in [-0.3, -0.25) is 0 Å². The Hall–Kier alpha value is -1.95. The number of nitrogens with zero attached hydrogens (tertiary/aromatic N) is 3. The van der Waals surface area contributed by atoms with Gasteiger partial charge in [-0.1, -0.05) is 17.7 Å². The Morgan fingerprint density at radius 3 is 2.95 bits per heavy atom. The quantitative estimate of drug-likeness (QED) is 0.812. The van der Waals surface area contributed by atoms with Crippen LogP contribution in [0.5, 0.6) is 0 Å². The van der Waals surface area contributed by atoms with Crippen molar-refractivity contribution in [1.29, 1.82) is 0 Å². The van der Waals surface area contributed by atoms with Gasteiger partial charge < -0.3 is 4.74 Å². The molecule has 0 N–H and O–H groups in total. The smallest absolute Gasteiger partial charge is 0.378 e. The van der Waals surface area contributed by atoms with Gasteiger partial charge in [0.1, 0.15) is 0 Å². The highest BCUT2D eigenvalue weighted by Gasteiger charge is 2.19. The summed E-state index contributed by atoms with van der Waals surface area (Å²) >= 11 is 5.71. The molecular formula is C12H11ClFN3O2. The van der Waals surface area contributed by atoms with Gasteiger partial charge in [-0.05, 0) is 19.1 Å². The lowest BCUT2D eigenvalue weighted by atomic mass is 10.2. The number of ether oxygens (including phenoxy) is 1. The third-order valence-corrected chi connectivity index (χ3v) is 2.71. The average Bonchev–Trinajstić information content (AvgIpc) is 2.75. The van der Waals surface area contributed by atoms with Crippen molar-refractivity contribution >= 4 is 17.6 Å². The van der Waals surface area contributed by atoms with Crippen molar-refractivity contribution in [2.45, 2.75) is 6.92 Å². The zero-order valence-electron chi connectivity index (χ0n) is 10.4. The van der Waals surface area contributed by atoms with E-state index in [4.69, 9.17) is 16.3 Å². The standard InChI is InChI=1S/C12H11ClFN3O2/c1-3-19-12(18)10-15-11(17(2)16-10)7-5-4-6-8(13)9(7)14/h4-6H,3H2,1-2H3. The minimum Gasteiger partial charge on any atom is -0.460 e. The predicted octanol–water partition coefficient (Wildman–Crippen LogP) is 2.45. The Morgan fingerprint density at radius 2 is 2.26 bits per heavy atom. The summed E-state index contributed by atoms with van der Waals surface area (Å²) in [6, 6.07) is 4.54. The molecule has 0 amide bonds. The van der Waals surface area contributed by atoms with Gasteiger partial charge >= 0.3 is 5.97 Å². The van der Waals surface area contributed by atoms with Crippen molar-refractivity contribution in [2.75, 3.05) is 6.61 Å². The number of carbonyl (C=O) groups excluding carboxylic acids is 1. The largest absolute Gasteiger partial charge is 0.460 e. The lowest BCUT2D eigenvalue weighted by molar-refractivity contribution is 0.0512. The molecule has 2 aromatic rings. The molecule has 19 heavy (non-hydrogen) atoms. The van der Waals surface area contributed by atoms with Gasteiger partial charge in [-0.25, -0.2) is 18.9 Å². The number of hydrogen-bond acceptors (Lipinski definition) is 4. The molecule has 0 saturated heterocycles. The summed E-state index contributed by atoms with van der Waals surface area (Å²) in [4.78, 5) is 15.5. The summed E-state index contributed by atoms with van der Waals surface area (Å²) in [6.45, 7) is 1.90. The van der Waals surface area contributed by atoms with Crippen molar-refractivity contribution in [2.24, 2.45) is 7.05 Å². The molecule has 0 atom stereocenters. The second-order valence-corrected chi connectivity index (χ2v) is 4.11. The number of hydrogen-bond donors (Lipinski definition) is 0. The summed E-state index contributed by atoms with van der Waals surface area (Å²) in [7, 11) is 1.56. The van der Waals surface area contributed by atoms with Crippen LogP contribution in [-0.4, -0.2) is 27.3 Å². The van der Waals surface area contributed by atoms with E-state index in [1.165, 1.54) is 16.8 Å². The highest BCUT2D eigenvalue weighted by Crippen LogP contribution is 2.25. The van der Waals surface area contributed by atoms with Crippen LogP contribution in [0.4, 0.5) is 4.39 Å². The third-order valence-electron chi connectivity index (χ3n) is 2.41. The van der Waals surface area contributed by atoms with Crippen LogP contribution >= 0.6 is 11.6 Å². The monoisotopic (exact) mass is 283 g/mol. The second-order valence-electron chi connectivity index (χ2n) is 3.70. The molecule has 0 bridgehead atoms. The van der Waals surface area contributed by atoms with Crippen LogP contribution in [0, 0.1) is 5.82 Å². The van der Waals surface area contributed by atoms with Crippen LogP contribution in [0.15, 0.2) is 18.2 Å². The highest BCUT2D eigenvalue weighted by atomic mass is 35.5. The third kappa shape index (κ3) is 2.58. The Labute approximate surface area is 114 Å². The summed E-state index contributed by atoms with van der Waals surface area (Å²) in [6.07, 6.45) is 0. The zero-order chi connectivity index (χ0) is 14.0. The van der Waals surface area contributed by atoms with E-state index in [1.54, 1.807) is 20.0 Å². The van der Waals surface area contributed by atoms with Gasteiger partial charge in [0.15, 0.2) is 11.6 Å². The number of carbonyl (C=O) groups is 1. The molecule has 100 valence electrons. The van der Waals surface area contributed by atoms with E-state index in [9.17, 15) is 9.18 Å². The maximum atomic E-state index is 13.9. The van der Waals surface area contributed by atoms with E-state index in [0.29, 0.717) is 0 Å². The molecule has 0 aliphatic rings. The number of aryl methyl sites for hydroxylation is 1. The molecule has 0 aliphatic carbocycles. The molecule has 1 aromatic carbocycles. The first kappa shape index (κ1) is 13.5. The maximum absolute atomic E-state index is 13.9. The molecule has 0 radical (unpaired) electrons. The molecule has 2 rings (SSSR count). The Morgan fingerprint density at radius 1 is 1.53 bits per heavy atom. The summed E-state index contributed by atoms with van der Waals surface area (Å²) < 4.78 is 20.0.